The van der Waals surface area contributed by atoms with Gasteiger partial charge in [0.2, 0.25) is 0 Å². The molecule has 0 saturated carbocycles. The molecule has 1 saturated heterocycles. The smallest absolute Gasteiger partial charge is 0.143 e. The Hall–Kier alpha value is -1.04. The SMILES string of the molecule is CC1CC(C)N(Cc2nc3cccnc3s2)CC1CN. The number of nitrogens with two attached hydrogens (primary N) is 1. The number of fused-ring (bicyclic) bond motifs is 1. The van der Waals surface area contributed by atoms with Crippen LogP contribution in [0.1, 0.15) is 25.3 Å². The summed E-state index contributed by atoms with van der Waals surface area (Å²) >= 11 is 1.71. The molecule has 3 rings (SSSR count). The Bertz CT molecular complexity index is 549. The van der Waals surface area contributed by atoms with Gasteiger partial charge in [-0.25, -0.2) is 9.97 Å². The third-order valence-corrected chi connectivity index (χ3v) is 5.43. The van der Waals surface area contributed by atoms with Gasteiger partial charge in [-0.1, -0.05) is 18.3 Å². The molecule has 4 nitrogen and oxygen atoms in total. The second kappa shape index (κ2) is 5.76. The van der Waals surface area contributed by atoms with Crippen molar-refractivity contribution in [2.24, 2.45) is 17.6 Å². The van der Waals surface area contributed by atoms with Gasteiger partial charge in [0.25, 0.3) is 0 Å². The van der Waals surface area contributed by atoms with Crippen LogP contribution in [0.3, 0.4) is 0 Å². The second-order valence-electron chi connectivity index (χ2n) is 5.92. The van der Waals surface area contributed by atoms with Crippen molar-refractivity contribution in [2.45, 2.75) is 32.9 Å². The van der Waals surface area contributed by atoms with Crippen molar-refractivity contribution in [1.82, 2.24) is 14.9 Å². The molecule has 0 aromatic carbocycles. The number of hydrogen-bond donors (Lipinski definition) is 1. The van der Waals surface area contributed by atoms with E-state index in [-0.39, 0.29) is 0 Å². The molecule has 0 aliphatic carbocycles. The minimum atomic E-state index is 0.604. The fourth-order valence-electron chi connectivity index (χ4n) is 3.12. The molecular formula is C15H22N4S. The van der Waals surface area contributed by atoms with Gasteiger partial charge in [-0.05, 0) is 43.9 Å². The van der Waals surface area contributed by atoms with Gasteiger partial charge in [0.1, 0.15) is 15.4 Å². The summed E-state index contributed by atoms with van der Waals surface area (Å²) in [5.41, 5.74) is 6.92. The fraction of sp³-hybridized carbons (Fsp3) is 0.600. The average Bonchev–Trinajstić information content (AvgIpc) is 2.84. The van der Waals surface area contributed by atoms with E-state index >= 15 is 0 Å². The second-order valence-corrected chi connectivity index (χ2v) is 6.98. The minimum Gasteiger partial charge on any atom is -0.330 e. The molecule has 0 amide bonds. The van der Waals surface area contributed by atoms with Crippen LogP contribution in [0.25, 0.3) is 10.3 Å². The van der Waals surface area contributed by atoms with Gasteiger partial charge in [-0.2, -0.15) is 0 Å². The maximum atomic E-state index is 5.91. The lowest BCUT2D eigenvalue weighted by molar-refractivity contribution is 0.0749. The van der Waals surface area contributed by atoms with Gasteiger partial charge in [0.05, 0.1) is 6.54 Å². The van der Waals surface area contributed by atoms with Crippen LogP contribution in [0.15, 0.2) is 18.3 Å². The first-order valence-electron chi connectivity index (χ1n) is 7.32. The van der Waals surface area contributed by atoms with Gasteiger partial charge in [-0.15, -0.1) is 0 Å². The van der Waals surface area contributed by atoms with Gasteiger partial charge < -0.3 is 5.73 Å². The Labute approximate surface area is 124 Å². The lowest BCUT2D eigenvalue weighted by Gasteiger charge is -2.41. The summed E-state index contributed by atoms with van der Waals surface area (Å²) in [6.07, 6.45) is 3.06. The first-order chi connectivity index (χ1) is 9.67. The highest BCUT2D eigenvalue weighted by molar-refractivity contribution is 7.18. The maximum Gasteiger partial charge on any atom is 0.143 e. The molecule has 20 heavy (non-hydrogen) atoms. The zero-order valence-corrected chi connectivity index (χ0v) is 12.9. The van der Waals surface area contributed by atoms with Crippen LogP contribution < -0.4 is 5.73 Å². The number of piperidine rings is 1. The van der Waals surface area contributed by atoms with Crippen molar-refractivity contribution in [3.05, 3.63) is 23.3 Å². The lowest BCUT2D eigenvalue weighted by Crippen LogP contribution is -2.46. The number of rotatable bonds is 3. The van der Waals surface area contributed by atoms with Crippen LogP contribution in [0.5, 0.6) is 0 Å². The van der Waals surface area contributed by atoms with E-state index in [1.54, 1.807) is 11.3 Å². The largest absolute Gasteiger partial charge is 0.330 e. The van der Waals surface area contributed by atoms with Gasteiger partial charge in [-0.3, -0.25) is 4.90 Å². The van der Waals surface area contributed by atoms with Gasteiger partial charge in [0, 0.05) is 18.8 Å². The van der Waals surface area contributed by atoms with Crippen LogP contribution in [0.2, 0.25) is 0 Å². The van der Waals surface area contributed by atoms with E-state index in [4.69, 9.17) is 10.7 Å². The van der Waals surface area contributed by atoms with Crippen LogP contribution in [-0.4, -0.2) is 34.0 Å². The van der Waals surface area contributed by atoms with Crippen LogP contribution >= 0.6 is 11.3 Å². The number of likely N-dealkylation sites (tertiary alicyclic amines) is 1. The molecule has 1 aliphatic rings. The van der Waals surface area contributed by atoms with Crippen molar-refractivity contribution < 1.29 is 0 Å². The molecule has 2 aromatic rings. The maximum absolute atomic E-state index is 5.91. The van der Waals surface area contributed by atoms with E-state index in [1.165, 1.54) is 6.42 Å². The normalized spacial score (nSPS) is 28.1. The lowest BCUT2D eigenvalue weighted by atomic mass is 9.83. The molecule has 1 fully saturated rings. The standard InChI is InChI=1S/C15H22N4S/c1-10-6-11(2)19(8-12(10)7-16)9-14-18-13-4-3-5-17-15(13)20-14/h3-5,10-12H,6-9,16H2,1-2H3. The molecular weight excluding hydrogens is 268 g/mol. The summed E-state index contributed by atoms with van der Waals surface area (Å²) in [6.45, 7) is 7.43. The first-order valence-corrected chi connectivity index (χ1v) is 8.13. The van der Waals surface area contributed by atoms with E-state index < -0.39 is 0 Å². The Morgan fingerprint density at radius 2 is 2.30 bits per heavy atom. The number of aromatic nitrogens is 2. The molecule has 0 bridgehead atoms. The van der Waals surface area contributed by atoms with E-state index in [0.29, 0.717) is 12.0 Å². The van der Waals surface area contributed by atoms with E-state index in [2.05, 4.69) is 23.7 Å². The summed E-state index contributed by atoms with van der Waals surface area (Å²) in [6, 6.07) is 4.58. The summed E-state index contributed by atoms with van der Waals surface area (Å²) in [5, 5.41) is 1.16. The van der Waals surface area contributed by atoms with Crippen molar-refractivity contribution >= 4 is 21.7 Å². The van der Waals surface area contributed by atoms with Crippen molar-refractivity contribution in [3.63, 3.8) is 0 Å². The van der Waals surface area contributed by atoms with Crippen LogP contribution in [0.4, 0.5) is 0 Å². The van der Waals surface area contributed by atoms with Gasteiger partial charge >= 0.3 is 0 Å². The number of nitrogens with zero attached hydrogens (tertiary/aromatic N) is 3. The average molecular weight is 290 g/mol. The highest BCUT2D eigenvalue weighted by Gasteiger charge is 2.30. The number of pyridine rings is 1. The molecule has 3 atom stereocenters. The highest BCUT2D eigenvalue weighted by atomic mass is 32.1. The first kappa shape index (κ1) is 13.9. The van der Waals surface area contributed by atoms with Crippen LogP contribution in [0, 0.1) is 11.8 Å². The van der Waals surface area contributed by atoms with Gasteiger partial charge in [0.15, 0.2) is 0 Å². The molecule has 3 unspecified atom stereocenters. The zero-order chi connectivity index (χ0) is 14.1. The Morgan fingerprint density at radius 1 is 1.45 bits per heavy atom. The fourth-order valence-corrected chi connectivity index (χ4v) is 4.05. The van der Waals surface area contributed by atoms with Crippen molar-refractivity contribution in [2.75, 3.05) is 13.1 Å². The number of thiazole rings is 1. The molecule has 0 spiro atoms. The number of hydrogen-bond acceptors (Lipinski definition) is 5. The summed E-state index contributed by atoms with van der Waals surface area (Å²) < 4.78 is 0. The molecule has 0 radical (unpaired) electrons. The quantitative estimate of drug-likeness (QED) is 0.943. The molecule has 2 aromatic heterocycles. The summed E-state index contributed by atoms with van der Waals surface area (Å²) in [4.78, 5) is 12.6. The van der Waals surface area contributed by atoms with E-state index in [0.717, 1.165) is 40.9 Å². The molecule has 5 heteroatoms. The minimum absolute atomic E-state index is 0.604. The monoisotopic (exact) mass is 290 g/mol. The van der Waals surface area contributed by atoms with E-state index in [1.807, 2.05) is 18.3 Å². The molecule has 108 valence electrons. The van der Waals surface area contributed by atoms with Crippen LogP contribution in [-0.2, 0) is 6.54 Å². The zero-order valence-electron chi connectivity index (χ0n) is 12.1. The Morgan fingerprint density at radius 3 is 3.05 bits per heavy atom. The topological polar surface area (TPSA) is 55.0 Å². The van der Waals surface area contributed by atoms with Crippen molar-refractivity contribution in [3.8, 4) is 0 Å². The van der Waals surface area contributed by atoms with E-state index in [9.17, 15) is 0 Å². The summed E-state index contributed by atoms with van der Waals surface area (Å²) in [5.74, 6) is 1.34. The third kappa shape index (κ3) is 2.71. The highest BCUT2D eigenvalue weighted by Crippen LogP contribution is 2.29. The van der Waals surface area contributed by atoms with Crippen molar-refractivity contribution in [1.29, 1.82) is 0 Å². The predicted molar refractivity (Wildman–Crippen MR) is 83.6 cm³/mol. The molecule has 2 N–H and O–H groups in total. The Kier molecular flexibility index (Phi) is 4.01. The third-order valence-electron chi connectivity index (χ3n) is 4.46. The summed E-state index contributed by atoms with van der Waals surface area (Å²) in [7, 11) is 0. The molecule has 3 heterocycles. The molecule has 1 aliphatic heterocycles. The predicted octanol–water partition coefficient (Wildman–Crippen LogP) is 2.50. The Balaban J connectivity index is 1.76.